The molecule has 2 aliphatic carbocycles. The van der Waals surface area contributed by atoms with Gasteiger partial charge in [-0.2, -0.15) is 0 Å². The van der Waals surface area contributed by atoms with Crippen LogP contribution in [0.3, 0.4) is 0 Å². The Morgan fingerprint density at radius 2 is 2.00 bits per heavy atom. The van der Waals surface area contributed by atoms with Crippen LogP contribution in [-0.2, 0) is 0 Å². The first-order valence-corrected chi connectivity index (χ1v) is 8.36. The normalized spacial score (nSPS) is 38.7. The highest BCUT2D eigenvalue weighted by molar-refractivity contribution is 5.18. The minimum absolute atomic E-state index is 0.169. The number of hydrogen-bond acceptors (Lipinski definition) is 1. The van der Waals surface area contributed by atoms with Crippen molar-refractivity contribution in [3.63, 3.8) is 0 Å². The highest BCUT2D eigenvalue weighted by Crippen LogP contribution is 2.61. The van der Waals surface area contributed by atoms with Gasteiger partial charge in [-0.3, -0.25) is 0 Å². The predicted octanol–water partition coefficient (Wildman–Crippen LogP) is 5.28. The summed E-state index contributed by atoms with van der Waals surface area (Å²) >= 11 is 0. The lowest BCUT2D eigenvalue weighted by Gasteiger charge is -2.59. The SMILES string of the molecule is C=CC(=C)CC[C@H]1C(=C)CC[C@H]2C(C)(C)C[C@H](O)C[C@]12C. The molecule has 0 saturated heterocycles. The molecule has 2 rings (SSSR count). The van der Waals surface area contributed by atoms with Crippen molar-refractivity contribution in [1.82, 2.24) is 0 Å². The van der Waals surface area contributed by atoms with E-state index in [1.165, 1.54) is 12.0 Å². The Labute approximate surface area is 130 Å². The first-order chi connectivity index (χ1) is 9.70. The zero-order valence-electron chi connectivity index (χ0n) is 14.1. The third-order valence-electron chi connectivity index (χ3n) is 6.26. The van der Waals surface area contributed by atoms with Crippen molar-refractivity contribution in [3.05, 3.63) is 37.0 Å². The van der Waals surface area contributed by atoms with Gasteiger partial charge in [-0.25, -0.2) is 0 Å². The fraction of sp³-hybridized carbons (Fsp3) is 0.700. The van der Waals surface area contributed by atoms with Crippen LogP contribution in [0.1, 0.15) is 59.3 Å². The Morgan fingerprint density at radius 1 is 1.33 bits per heavy atom. The molecular formula is C20H32O. The largest absolute Gasteiger partial charge is 0.393 e. The van der Waals surface area contributed by atoms with Crippen molar-refractivity contribution in [2.24, 2.45) is 22.7 Å². The van der Waals surface area contributed by atoms with Crippen molar-refractivity contribution in [2.45, 2.75) is 65.4 Å². The molecule has 2 fully saturated rings. The van der Waals surface area contributed by atoms with Gasteiger partial charge in [-0.15, -0.1) is 0 Å². The van der Waals surface area contributed by atoms with Gasteiger partial charge < -0.3 is 5.11 Å². The molecule has 2 saturated carbocycles. The molecule has 0 heterocycles. The van der Waals surface area contributed by atoms with E-state index in [0.717, 1.165) is 37.7 Å². The van der Waals surface area contributed by atoms with Crippen LogP contribution in [-0.4, -0.2) is 11.2 Å². The fourth-order valence-electron chi connectivity index (χ4n) is 5.41. The lowest BCUT2D eigenvalue weighted by molar-refractivity contribution is -0.105. The molecule has 0 aliphatic heterocycles. The van der Waals surface area contributed by atoms with Gasteiger partial charge in [0.15, 0.2) is 0 Å². The Kier molecular flexibility index (Phi) is 4.54. The molecule has 1 N–H and O–H groups in total. The van der Waals surface area contributed by atoms with Crippen molar-refractivity contribution in [1.29, 1.82) is 0 Å². The summed E-state index contributed by atoms with van der Waals surface area (Å²) in [6.07, 6.45) is 8.02. The fourth-order valence-corrected chi connectivity index (χ4v) is 5.41. The van der Waals surface area contributed by atoms with Crippen LogP contribution in [0, 0.1) is 22.7 Å². The van der Waals surface area contributed by atoms with Gasteiger partial charge in [0.25, 0.3) is 0 Å². The summed E-state index contributed by atoms with van der Waals surface area (Å²) in [4.78, 5) is 0. The van der Waals surface area contributed by atoms with Crippen molar-refractivity contribution in [3.8, 4) is 0 Å². The topological polar surface area (TPSA) is 20.2 Å². The minimum Gasteiger partial charge on any atom is -0.393 e. The van der Waals surface area contributed by atoms with Gasteiger partial charge in [0, 0.05) is 0 Å². The van der Waals surface area contributed by atoms with E-state index in [1.807, 2.05) is 6.08 Å². The van der Waals surface area contributed by atoms with E-state index in [-0.39, 0.29) is 16.9 Å². The molecule has 118 valence electrons. The average Bonchev–Trinajstić information content (AvgIpc) is 2.35. The summed E-state index contributed by atoms with van der Waals surface area (Å²) in [6, 6.07) is 0. The summed E-state index contributed by atoms with van der Waals surface area (Å²) in [7, 11) is 0. The second-order valence-corrected chi connectivity index (χ2v) is 8.26. The lowest BCUT2D eigenvalue weighted by atomic mass is 9.46. The van der Waals surface area contributed by atoms with E-state index in [2.05, 4.69) is 40.5 Å². The number of aliphatic hydroxyl groups excluding tert-OH is 1. The molecule has 0 amide bonds. The van der Waals surface area contributed by atoms with Gasteiger partial charge in [-0.05, 0) is 61.2 Å². The van der Waals surface area contributed by atoms with Gasteiger partial charge in [0.05, 0.1) is 6.10 Å². The second kappa shape index (κ2) is 5.76. The number of hydrogen-bond donors (Lipinski definition) is 1. The molecule has 0 bridgehead atoms. The molecule has 0 spiro atoms. The maximum atomic E-state index is 10.4. The van der Waals surface area contributed by atoms with E-state index >= 15 is 0 Å². The smallest absolute Gasteiger partial charge is 0.0551 e. The summed E-state index contributed by atoms with van der Waals surface area (Å²) in [5, 5.41) is 10.4. The zero-order chi connectivity index (χ0) is 15.8. The minimum atomic E-state index is -0.169. The van der Waals surface area contributed by atoms with Crippen LogP contribution >= 0.6 is 0 Å². The maximum absolute atomic E-state index is 10.4. The van der Waals surface area contributed by atoms with Crippen molar-refractivity contribution < 1.29 is 5.11 Å². The first kappa shape index (κ1) is 16.5. The van der Waals surface area contributed by atoms with Gasteiger partial charge in [0.1, 0.15) is 0 Å². The lowest BCUT2D eigenvalue weighted by Crippen LogP contribution is -2.53. The highest BCUT2D eigenvalue weighted by Gasteiger charge is 2.54. The molecule has 1 heteroatoms. The molecule has 1 nitrogen and oxygen atoms in total. The zero-order valence-corrected chi connectivity index (χ0v) is 14.1. The molecule has 0 aromatic rings. The number of allylic oxidation sites excluding steroid dienone is 3. The van der Waals surface area contributed by atoms with Crippen LogP contribution in [0.25, 0.3) is 0 Å². The van der Waals surface area contributed by atoms with Gasteiger partial charge in [-0.1, -0.05) is 57.7 Å². The molecule has 21 heavy (non-hydrogen) atoms. The number of rotatable bonds is 4. The van der Waals surface area contributed by atoms with Gasteiger partial charge >= 0.3 is 0 Å². The van der Waals surface area contributed by atoms with Crippen LogP contribution < -0.4 is 0 Å². The quantitative estimate of drug-likeness (QED) is 0.551. The third kappa shape index (κ3) is 3.04. The number of aliphatic hydroxyl groups is 1. The van der Waals surface area contributed by atoms with E-state index in [4.69, 9.17) is 0 Å². The molecular weight excluding hydrogens is 256 g/mol. The van der Waals surface area contributed by atoms with Gasteiger partial charge in [0.2, 0.25) is 0 Å². The predicted molar refractivity (Wildman–Crippen MR) is 91.1 cm³/mol. The Hall–Kier alpha value is -0.820. The Morgan fingerprint density at radius 3 is 2.62 bits per heavy atom. The molecule has 0 unspecified atom stereocenters. The standard InChI is InChI=1S/C20H32O/c1-7-14(2)8-10-17-15(3)9-11-18-19(4,5)12-16(21)13-20(17,18)6/h7,16-18,21H,1-3,8-13H2,4-6H3/t16-,17-,18-,20+/m0/s1. The Bertz CT molecular complexity index is 445. The van der Waals surface area contributed by atoms with Crippen molar-refractivity contribution in [2.75, 3.05) is 0 Å². The maximum Gasteiger partial charge on any atom is 0.0551 e. The molecule has 2 aliphatic rings. The molecule has 0 aromatic carbocycles. The van der Waals surface area contributed by atoms with Crippen LogP contribution in [0.4, 0.5) is 0 Å². The van der Waals surface area contributed by atoms with E-state index in [0.29, 0.717) is 11.8 Å². The highest BCUT2D eigenvalue weighted by atomic mass is 16.3. The summed E-state index contributed by atoms with van der Waals surface area (Å²) in [5.74, 6) is 1.18. The monoisotopic (exact) mass is 288 g/mol. The summed E-state index contributed by atoms with van der Waals surface area (Å²) in [5.41, 5.74) is 2.90. The Balaban J connectivity index is 2.27. The third-order valence-corrected chi connectivity index (χ3v) is 6.26. The van der Waals surface area contributed by atoms with E-state index in [1.54, 1.807) is 0 Å². The summed E-state index contributed by atoms with van der Waals surface area (Å²) in [6.45, 7) is 19.3. The van der Waals surface area contributed by atoms with E-state index in [9.17, 15) is 5.11 Å². The van der Waals surface area contributed by atoms with Crippen LogP contribution in [0.2, 0.25) is 0 Å². The molecule has 4 atom stereocenters. The molecule has 0 radical (unpaired) electrons. The molecule has 0 aromatic heterocycles. The van der Waals surface area contributed by atoms with Crippen LogP contribution in [0.5, 0.6) is 0 Å². The summed E-state index contributed by atoms with van der Waals surface area (Å²) < 4.78 is 0. The van der Waals surface area contributed by atoms with E-state index < -0.39 is 0 Å². The first-order valence-electron chi connectivity index (χ1n) is 8.36. The average molecular weight is 288 g/mol. The van der Waals surface area contributed by atoms with Crippen LogP contribution in [0.15, 0.2) is 37.0 Å². The second-order valence-electron chi connectivity index (χ2n) is 8.26. The van der Waals surface area contributed by atoms with Crippen molar-refractivity contribution >= 4 is 0 Å². The number of fused-ring (bicyclic) bond motifs is 1.